The van der Waals surface area contributed by atoms with Crippen molar-refractivity contribution in [1.29, 1.82) is 0 Å². The number of rotatable bonds is 6. The van der Waals surface area contributed by atoms with Crippen LogP contribution < -0.4 is 10.1 Å². The second-order valence-electron chi connectivity index (χ2n) is 8.08. The van der Waals surface area contributed by atoms with Crippen molar-refractivity contribution in [1.82, 2.24) is 14.9 Å². The highest BCUT2D eigenvalue weighted by Crippen LogP contribution is 2.35. The van der Waals surface area contributed by atoms with E-state index in [4.69, 9.17) is 9.84 Å². The van der Waals surface area contributed by atoms with Gasteiger partial charge in [-0.2, -0.15) is 0 Å². The third-order valence-electron chi connectivity index (χ3n) is 5.69. The predicted molar refractivity (Wildman–Crippen MR) is 111 cm³/mol. The zero-order valence-electron chi connectivity index (χ0n) is 17.5. The highest BCUT2D eigenvalue weighted by atomic mass is 19.1. The number of nitrogens with zero attached hydrogens (tertiary/aromatic N) is 3. The smallest absolute Gasteiger partial charge is 0.248 e. The number of aliphatic hydroxyl groups excluding tert-OH is 1. The van der Waals surface area contributed by atoms with Crippen LogP contribution in [0.25, 0.3) is 11.3 Å². The number of carbonyl (C=O) groups excluding carboxylic acids is 2. The molecule has 4 atom stereocenters. The summed E-state index contributed by atoms with van der Waals surface area (Å²) in [6.45, 7) is 1.40. The molecule has 1 saturated carbocycles. The fourth-order valence-corrected chi connectivity index (χ4v) is 3.68. The first-order valence-electron chi connectivity index (χ1n) is 10.4. The summed E-state index contributed by atoms with van der Waals surface area (Å²) >= 11 is 0. The number of aromatic nitrogens is 2. The summed E-state index contributed by atoms with van der Waals surface area (Å²) in [7, 11) is 0. The largest absolute Gasteiger partial charge is 0.487 e. The topological polar surface area (TPSA) is 105 Å². The average Bonchev–Trinajstić information content (AvgIpc) is 3.52. The van der Waals surface area contributed by atoms with E-state index in [0.29, 0.717) is 30.2 Å². The molecule has 0 unspecified atom stereocenters. The first-order chi connectivity index (χ1) is 15.4. The number of nitrogens with one attached hydrogen (secondary N) is 1. The molecule has 1 aliphatic carbocycles. The summed E-state index contributed by atoms with van der Waals surface area (Å²) in [5.74, 6) is -0.682. The second kappa shape index (κ2) is 9.15. The van der Waals surface area contributed by atoms with Crippen molar-refractivity contribution in [3.05, 3.63) is 36.2 Å². The Morgan fingerprint density at radius 3 is 2.69 bits per heavy atom. The molecule has 32 heavy (non-hydrogen) atoms. The van der Waals surface area contributed by atoms with Gasteiger partial charge in [-0.25, -0.2) is 18.7 Å². The van der Waals surface area contributed by atoms with Gasteiger partial charge in [0.05, 0.1) is 18.2 Å². The molecule has 8 nitrogen and oxygen atoms in total. The molecule has 2 amide bonds. The summed E-state index contributed by atoms with van der Waals surface area (Å²) < 4.78 is 33.4. The van der Waals surface area contributed by atoms with E-state index in [0.717, 1.165) is 11.1 Å². The summed E-state index contributed by atoms with van der Waals surface area (Å²) in [4.78, 5) is 33.0. The van der Waals surface area contributed by atoms with Crippen molar-refractivity contribution in [2.24, 2.45) is 5.92 Å². The van der Waals surface area contributed by atoms with Gasteiger partial charge in [-0.3, -0.25) is 9.59 Å². The third-order valence-corrected chi connectivity index (χ3v) is 5.69. The minimum absolute atomic E-state index is 0.110. The molecule has 0 bridgehead atoms. The summed E-state index contributed by atoms with van der Waals surface area (Å²) in [5, 5.41) is 11.5. The Kier molecular flexibility index (Phi) is 6.31. The lowest BCUT2D eigenvalue weighted by molar-refractivity contribution is -0.138. The molecule has 0 spiro atoms. The van der Waals surface area contributed by atoms with Crippen molar-refractivity contribution in [3.63, 3.8) is 0 Å². The van der Waals surface area contributed by atoms with Crippen molar-refractivity contribution < 1.29 is 28.2 Å². The van der Waals surface area contributed by atoms with Crippen molar-refractivity contribution in [2.75, 3.05) is 25.0 Å². The summed E-state index contributed by atoms with van der Waals surface area (Å²) in [5.41, 5.74) is 2.09. The van der Waals surface area contributed by atoms with E-state index in [9.17, 15) is 18.4 Å². The van der Waals surface area contributed by atoms with Crippen LogP contribution in [0.1, 0.15) is 18.4 Å². The number of carbonyl (C=O) groups is 2. The van der Waals surface area contributed by atoms with Crippen molar-refractivity contribution in [3.8, 4) is 17.0 Å². The van der Waals surface area contributed by atoms with E-state index in [-0.39, 0.29) is 13.0 Å². The molecule has 4 rings (SSSR count). The monoisotopic (exact) mass is 446 g/mol. The van der Waals surface area contributed by atoms with Crippen LogP contribution in [0.5, 0.6) is 5.75 Å². The third kappa shape index (κ3) is 4.85. The van der Waals surface area contributed by atoms with Crippen LogP contribution in [-0.4, -0.2) is 69.9 Å². The SMILES string of the molecule is Cc1cc(-c2cc(NC(=O)[C@@H]3C[C@@H]3F)ncn2)ccc1O[C@H]1CCN(C(=O)CO)C[C@H]1F. The molecule has 0 radical (unpaired) electrons. The number of halogens is 2. The number of anilines is 1. The molecule has 1 aliphatic heterocycles. The van der Waals surface area contributed by atoms with E-state index >= 15 is 0 Å². The van der Waals surface area contributed by atoms with E-state index in [1.54, 1.807) is 18.2 Å². The maximum absolute atomic E-state index is 14.5. The Hall–Kier alpha value is -3.14. The molecule has 2 fully saturated rings. The van der Waals surface area contributed by atoms with Crippen molar-refractivity contribution in [2.45, 2.75) is 38.2 Å². The van der Waals surface area contributed by atoms with Crippen LogP contribution in [0.4, 0.5) is 14.6 Å². The Labute approximate surface area is 183 Å². The van der Waals surface area contributed by atoms with Crippen LogP contribution in [0, 0.1) is 12.8 Å². The second-order valence-corrected chi connectivity index (χ2v) is 8.08. The van der Waals surface area contributed by atoms with Gasteiger partial charge >= 0.3 is 0 Å². The average molecular weight is 446 g/mol. The Morgan fingerprint density at radius 2 is 2.03 bits per heavy atom. The zero-order chi connectivity index (χ0) is 22.8. The van der Waals surface area contributed by atoms with Gasteiger partial charge in [0.25, 0.3) is 0 Å². The molecule has 1 aromatic heterocycles. The number of likely N-dealkylation sites (tertiary alicyclic amines) is 1. The van der Waals surface area contributed by atoms with E-state index in [2.05, 4.69) is 15.3 Å². The fourth-order valence-electron chi connectivity index (χ4n) is 3.68. The number of piperidine rings is 1. The maximum Gasteiger partial charge on any atom is 0.248 e. The van der Waals surface area contributed by atoms with Crippen LogP contribution in [-0.2, 0) is 9.59 Å². The minimum atomic E-state index is -1.36. The van der Waals surface area contributed by atoms with Gasteiger partial charge in [0, 0.05) is 24.6 Å². The van der Waals surface area contributed by atoms with Gasteiger partial charge < -0.3 is 20.1 Å². The Balaban J connectivity index is 1.42. The summed E-state index contributed by atoms with van der Waals surface area (Å²) in [6.07, 6.45) is -1.26. The standard InChI is InChI=1S/C22H24F2N4O4/c1-12-6-13(17-8-20(26-11-25-17)27-22(31)14-7-15(14)23)2-3-18(12)32-19-4-5-28(9-16(19)24)21(30)10-29/h2-3,6,8,11,14-16,19,29H,4-5,7,9-10H2,1H3,(H,25,26,27,31)/t14-,15+,16-,19+/m1/s1. The molecule has 170 valence electrons. The maximum atomic E-state index is 14.5. The number of benzene rings is 1. The minimum Gasteiger partial charge on any atom is -0.487 e. The first-order valence-corrected chi connectivity index (χ1v) is 10.4. The van der Waals surface area contributed by atoms with Gasteiger partial charge in [0.15, 0.2) is 6.17 Å². The molecule has 10 heteroatoms. The molecule has 2 heterocycles. The van der Waals surface area contributed by atoms with Gasteiger partial charge in [0.1, 0.15) is 36.8 Å². The number of hydrogen-bond donors (Lipinski definition) is 2. The summed E-state index contributed by atoms with van der Waals surface area (Å²) in [6, 6.07) is 6.93. The molecule has 2 aliphatic rings. The highest BCUT2D eigenvalue weighted by molar-refractivity contribution is 5.94. The number of alkyl halides is 2. The number of amides is 2. The van der Waals surface area contributed by atoms with Gasteiger partial charge in [0.2, 0.25) is 11.8 Å². The first kappa shape index (κ1) is 22.1. The van der Waals surface area contributed by atoms with Crippen LogP contribution in [0.2, 0.25) is 0 Å². The Morgan fingerprint density at radius 1 is 1.25 bits per heavy atom. The normalized spacial score (nSPS) is 24.7. The van der Waals surface area contributed by atoms with Gasteiger partial charge in [-0.15, -0.1) is 0 Å². The van der Waals surface area contributed by atoms with Crippen LogP contribution in [0.15, 0.2) is 30.6 Å². The lowest BCUT2D eigenvalue weighted by Crippen LogP contribution is -2.50. The molecule has 1 aromatic carbocycles. The molecule has 2 N–H and O–H groups in total. The number of hydrogen-bond acceptors (Lipinski definition) is 6. The highest BCUT2D eigenvalue weighted by Gasteiger charge is 2.43. The lowest BCUT2D eigenvalue weighted by atomic mass is 10.0. The van der Waals surface area contributed by atoms with Crippen LogP contribution >= 0.6 is 0 Å². The molecular formula is C22H24F2N4O4. The lowest BCUT2D eigenvalue weighted by Gasteiger charge is -2.34. The van der Waals surface area contributed by atoms with Gasteiger partial charge in [-0.05, 0) is 37.1 Å². The molecule has 2 aromatic rings. The fraction of sp³-hybridized carbons (Fsp3) is 0.455. The van der Waals surface area contributed by atoms with Crippen LogP contribution in [0.3, 0.4) is 0 Å². The van der Waals surface area contributed by atoms with Crippen molar-refractivity contribution >= 4 is 17.6 Å². The van der Waals surface area contributed by atoms with E-state index < -0.39 is 42.8 Å². The molecular weight excluding hydrogens is 422 g/mol. The zero-order valence-corrected chi connectivity index (χ0v) is 17.5. The number of aliphatic hydroxyl groups is 1. The molecule has 1 saturated heterocycles. The van der Waals surface area contributed by atoms with E-state index in [1.807, 2.05) is 13.0 Å². The number of aryl methyl sites for hydroxylation is 1. The number of ether oxygens (including phenoxy) is 1. The predicted octanol–water partition coefficient (Wildman–Crippen LogP) is 2.06. The quantitative estimate of drug-likeness (QED) is 0.704. The van der Waals surface area contributed by atoms with Gasteiger partial charge in [-0.1, -0.05) is 0 Å². The van der Waals surface area contributed by atoms with E-state index in [1.165, 1.54) is 11.2 Å². The Bertz CT molecular complexity index is 1020.